The molecule has 0 bridgehead atoms. The number of rotatable bonds is 6. The van der Waals surface area contributed by atoms with E-state index in [0.717, 1.165) is 31.1 Å². The Morgan fingerprint density at radius 3 is 2.66 bits per heavy atom. The first-order valence-electron chi connectivity index (χ1n) is 9.91. The van der Waals surface area contributed by atoms with E-state index in [2.05, 4.69) is 10.6 Å². The van der Waals surface area contributed by atoms with Gasteiger partial charge in [-0.1, -0.05) is 19.3 Å². The number of nitrogens with one attached hydrogen (secondary N) is 2. The Bertz CT molecular complexity index is 898. The third kappa shape index (κ3) is 5.28. The molecule has 2 N–H and O–H groups in total. The van der Waals surface area contributed by atoms with Gasteiger partial charge < -0.3 is 19.2 Å². The molecule has 1 heterocycles. The Hall–Kier alpha value is -3.03. The lowest BCUT2D eigenvalue weighted by molar-refractivity contribution is -0.123. The van der Waals surface area contributed by atoms with Gasteiger partial charge in [0.05, 0.1) is 6.61 Å². The molecule has 3 rings (SSSR count). The van der Waals surface area contributed by atoms with Crippen molar-refractivity contribution in [2.24, 2.45) is 0 Å². The van der Waals surface area contributed by atoms with Crippen LogP contribution in [0.1, 0.15) is 55.1 Å². The van der Waals surface area contributed by atoms with Crippen molar-refractivity contribution in [2.45, 2.75) is 52.0 Å². The van der Waals surface area contributed by atoms with Gasteiger partial charge in [0.15, 0.2) is 6.61 Å². The lowest BCUT2D eigenvalue weighted by atomic mass is 9.96. The van der Waals surface area contributed by atoms with E-state index < -0.39 is 24.5 Å². The maximum absolute atomic E-state index is 12.3. The largest absolute Gasteiger partial charge is 0.494 e. The fraction of sp³-hybridized carbons (Fsp3) is 0.476. The van der Waals surface area contributed by atoms with Crippen LogP contribution < -0.4 is 15.4 Å². The van der Waals surface area contributed by atoms with Gasteiger partial charge in [-0.3, -0.25) is 10.1 Å². The van der Waals surface area contributed by atoms with E-state index in [1.165, 1.54) is 6.42 Å². The zero-order valence-corrected chi connectivity index (χ0v) is 16.7. The number of benzene rings is 1. The van der Waals surface area contributed by atoms with Crippen molar-refractivity contribution >= 4 is 28.9 Å². The Balaban J connectivity index is 1.53. The molecule has 3 amide bonds. The summed E-state index contributed by atoms with van der Waals surface area (Å²) in [6.45, 7) is 3.57. The maximum Gasteiger partial charge on any atom is 0.375 e. The van der Waals surface area contributed by atoms with Gasteiger partial charge in [-0.05, 0) is 44.9 Å². The molecule has 0 atom stereocenters. The summed E-state index contributed by atoms with van der Waals surface area (Å²) in [5, 5.41) is 5.69. The van der Waals surface area contributed by atoms with Gasteiger partial charge in [0.2, 0.25) is 5.76 Å². The molecule has 1 aliphatic carbocycles. The highest BCUT2D eigenvalue weighted by Gasteiger charge is 2.22. The highest BCUT2D eigenvalue weighted by molar-refractivity contribution is 5.99. The van der Waals surface area contributed by atoms with E-state index >= 15 is 0 Å². The Kier molecular flexibility index (Phi) is 6.74. The molecule has 8 nitrogen and oxygen atoms in total. The van der Waals surface area contributed by atoms with Crippen LogP contribution in [0.4, 0.5) is 4.79 Å². The van der Waals surface area contributed by atoms with Gasteiger partial charge in [0.1, 0.15) is 11.3 Å². The molecule has 1 fully saturated rings. The van der Waals surface area contributed by atoms with Crippen molar-refractivity contribution < 1.29 is 28.3 Å². The predicted molar refractivity (Wildman–Crippen MR) is 106 cm³/mol. The molecular weight excluding hydrogens is 376 g/mol. The van der Waals surface area contributed by atoms with Crippen molar-refractivity contribution in [3.8, 4) is 5.75 Å². The summed E-state index contributed by atoms with van der Waals surface area (Å²) < 4.78 is 16.0. The zero-order valence-electron chi connectivity index (χ0n) is 16.7. The average Bonchev–Trinajstić information content (AvgIpc) is 3.03. The average molecular weight is 402 g/mol. The number of amides is 3. The SMILES string of the molecule is CCOc1ccc2oc(C(=O)OCC(=O)NC(=O)NC3CCCCC3)c(C)c2c1. The molecule has 29 heavy (non-hydrogen) atoms. The van der Waals surface area contributed by atoms with Crippen LogP contribution in [-0.4, -0.2) is 37.2 Å². The Morgan fingerprint density at radius 1 is 1.17 bits per heavy atom. The van der Waals surface area contributed by atoms with Crippen LogP contribution in [0.2, 0.25) is 0 Å². The second-order valence-electron chi connectivity index (χ2n) is 7.08. The molecule has 0 unspecified atom stereocenters. The minimum atomic E-state index is -0.764. The Morgan fingerprint density at radius 2 is 1.93 bits per heavy atom. The van der Waals surface area contributed by atoms with Crippen LogP contribution in [-0.2, 0) is 9.53 Å². The third-order valence-corrected chi connectivity index (χ3v) is 4.93. The lowest BCUT2D eigenvalue weighted by Gasteiger charge is -2.22. The second kappa shape index (κ2) is 9.45. The highest BCUT2D eigenvalue weighted by atomic mass is 16.5. The first-order valence-corrected chi connectivity index (χ1v) is 9.91. The molecule has 1 saturated carbocycles. The monoisotopic (exact) mass is 402 g/mol. The minimum Gasteiger partial charge on any atom is -0.494 e. The number of esters is 1. The van der Waals surface area contributed by atoms with Crippen LogP contribution in [0.25, 0.3) is 11.0 Å². The number of aryl methyl sites for hydroxylation is 1. The van der Waals surface area contributed by atoms with E-state index in [1.807, 2.05) is 6.92 Å². The number of imide groups is 1. The molecule has 1 aromatic carbocycles. The molecule has 0 radical (unpaired) electrons. The van der Waals surface area contributed by atoms with E-state index in [9.17, 15) is 14.4 Å². The van der Waals surface area contributed by atoms with E-state index in [0.29, 0.717) is 23.5 Å². The fourth-order valence-electron chi connectivity index (χ4n) is 3.48. The van der Waals surface area contributed by atoms with Crippen molar-refractivity contribution in [3.05, 3.63) is 29.5 Å². The molecule has 8 heteroatoms. The summed E-state index contributed by atoms with van der Waals surface area (Å²) >= 11 is 0. The summed E-state index contributed by atoms with van der Waals surface area (Å²) in [7, 11) is 0. The second-order valence-corrected chi connectivity index (χ2v) is 7.08. The van der Waals surface area contributed by atoms with E-state index in [4.69, 9.17) is 13.9 Å². The summed E-state index contributed by atoms with van der Waals surface area (Å²) in [5.41, 5.74) is 1.12. The van der Waals surface area contributed by atoms with Crippen LogP contribution in [0.3, 0.4) is 0 Å². The van der Waals surface area contributed by atoms with Crippen LogP contribution in [0, 0.1) is 6.92 Å². The first kappa shape index (κ1) is 20.7. The van der Waals surface area contributed by atoms with Gasteiger partial charge in [-0.25, -0.2) is 9.59 Å². The smallest absolute Gasteiger partial charge is 0.375 e. The number of carbonyl (C=O) groups excluding carboxylic acids is 3. The lowest BCUT2D eigenvalue weighted by Crippen LogP contribution is -2.46. The zero-order chi connectivity index (χ0) is 20.8. The number of hydrogen-bond acceptors (Lipinski definition) is 6. The third-order valence-electron chi connectivity index (χ3n) is 4.93. The number of hydrogen-bond donors (Lipinski definition) is 2. The molecule has 0 aliphatic heterocycles. The number of ether oxygens (including phenoxy) is 2. The van der Waals surface area contributed by atoms with Gasteiger partial charge in [0, 0.05) is 17.0 Å². The molecular formula is C21H26N2O6. The number of urea groups is 1. The number of furan rings is 1. The topological polar surface area (TPSA) is 107 Å². The first-order chi connectivity index (χ1) is 14.0. The highest BCUT2D eigenvalue weighted by Crippen LogP contribution is 2.29. The quantitative estimate of drug-likeness (QED) is 0.717. The maximum atomic E-state index is 12.3. The van der Waals surface area contributed by atoms with Gasteiger partial charge in [0.25, 0.3) is 5.91 Å². The normalized spacial score (nSPS) is 14.4. The Labute approximate surface area is 168 Å². The van der Waals surface area contributed by atoms with E-state index in [-0.39, 0.29) is 11.8 Å². The van der Waals surface area contributed by atoms with Crippen molar-refractivity contribution in [1.29, 1.82) is 0 Å². The van der Waals surface area contributed by atoms with Gasteiger partial charge in [-0.2, -0.15) is 0 Å². The van der Waals surface area contributed by atoms with Gasteiger partial charge in [-0.15, -0.1) is 0 Å². The molecule has 2 aromatic rings. The summed E-state index contributed by atoms with van der Waals surface area (Å²) in [6, 6.07) is 4.77. The minimum absolute atomic E-state index is 0.0214. The van der Waals surface area contributed by atoms with Crippen molar-refractivity contribution in [1.82, 2.24) is 10.6 Å². The standard InChI is InChI=1S/C21H26N2O6/c1-3-27-15-9-10-17-16(11-15)13(2)19(29-17)20(25)28-12-18(24)23-21(26)22-14-7-5-4-6-8-14/h9-11,14H,3-8,12H2,1-2H3,(H2,22,23,24,26). The molecule has 0 saturated heterocycles. The van der Waals surface area contributed by atoms with Crippen molar-refractivity contribution in [3.63, 3.8) is 0 Å². The molecule has 0 spiro atoms. The molecule has 1 aliphatic rings. The number of carbonyl (C=O) groups is 3. The van der Waals surface area contributed by atoms with Crippen LogP contribution >= 0.6 is 0 Å². The van der Waals surface area contributed by atoms with Crippen molar-refractivity contribution in [2.75, 3.05) is 13.2 Å². The predicted octanol–water partition coefficient (Wildman–Crippen LogP) is 3.46. The van der Waals surface area contributed by atoms with Crippen LogP contribution in [0.15, 0.2) is 22.6 Å². The summed E-state index contributed by atoms with van der Waals surface area (Å²) in [5.74, 6) is -0.765. The summed E-state index contributed by atoms with van der Waals surface area (Å²) in [4.78, 5) is 36.1. The van der Waals surface area contributed by atoms with Crippen LogP contribution in [0.5, 0.6) is 5.75 Å². The van der Waals surface area contributed by atoms with Gasteiger partial charge >= 0.3 is 12.0 Å². The molecule has 156 valence electrons. The molecule has 1 aromatic heterocycles. The fourth-order valence-corrected chi connectivity index (χ4v) is 3.48. The number of fused-ring (bicyclic) bond motifs is 1. The summed E-state index contributed by atoms with van der Waals surface area (Å²) in [6.07, 6.45) is 5.13. The van der Waals surface area contributed by atoms with E-state index in [1.54, 1.807) is 25.1 Å².